The van der Waals surface area contributed by atoms with Gasteiger partial charge in [-0.05, 0) is 35.9 Å². The van der Waals surface area contributed by atoms with Crippen LogP contribution in [0.25, 0.3) is 0 Å². The van der Waals surface area contributed by atoms with Gasteiger partial charge in [0, 0.05) is 11.4 Å². The molecule has 0 aliphatic carbocycles. The summed E-state index contributed by atoms with van der Waals surface area (Å²) in [5.41, 5.74) is 2.07. The molecule has 0 atom stereocenters. The highest BCUT2D eigenvalue weighted by molar-refractivity contribution is 7.99. The topological polar surface area (TPSA) is 64.6 Å². The van der Waals surface area contributed by atoms with Crippen molar-refractivity contribution in [2.24, 2.45) is 0 Å². The number of thioether (sulfide) groups is 1. The second-order valence-electron chi connectivity index (χ2n) is 5.08. The zero-order valence-electron chi connectivity index (χ0n) is 13.9. The van der Waals surface area contributed by atoms with Crippen LogP contribution in [0.15, 0.2) is 42.5 Å². The van der Waals surface area contributed by atoms with Crippen molar-refractivity contribution in [1.29, 1.82) is 0 Å². The predicted molar refractivity (Wildman–Crippen MR) is 101 cm³/mol. The van der Waals surface area contributed by atoms with E-state index in [-0.39, 0.29) is 17.6 Å². The molecule has 0 saturated carbocycles. The molecule has 0 bridgehead atoms. The number of hydrogen-bond acceptors (Lipinski definition) is 5. The third-order valence-corrected chi connectivity index (χ3v) is 4.58. The number of anilines is 1. The number of rotatable bonds is 7. The van der Waals surface area contributed by atoms with Crippen molar-refractivity contribution >= 4 is 40.9 Å². The van der Waals surface area contributed by atoms with Gasteiger partial charge >= 0.3 is 5.97 Å². The summed E-state index contributed by atoms with van der Waals surface area (Å²) >= 11 is 7.48. The van der Waals surface area contributed by atoms with E-state index in [0.717, 1.165) is 5.56 Å². The number of amides is 1. The highest BCUT2D eigenvalue weighted by Gasteiger charge is 2.08. The number of hydrogen-bond donors (Lipinski definition) is 1. The molecule has 0 saturated heterocycles. The lowest BCUT2D eigenvalue weighted by atomic mass is 10.1. The molecule has 0 aromatic heterocycles. The van der Waals surface area contributed by atoms with E-state index >= 15 is 0 Å². The molecule has 0 radical (unpaired) electrons. The van der Waals surface area contributed by atoms with E-state index in [1.807, 2.05) is 6.07 Å². The van der Waals surface area contributed by atoms with Crippen LogP contribution in [0.2, 0.25) is 5.02 Å². The smallest absolute Gasteiger partial charge is 0.337 e. The maximum atomic E-state index is 12.0. The summed E-state index contributed by atoms with van der Waals surface area (Å²) in [6.45, 7) is 0. The van der Waals surface area contributed by atoms with Crippen molar-refractivity contribution in [3.63, 3.8) is 0 Å². The highest BCUT2D eigenvalue weighted by atomic mass is 35.5. The molecule has 1 N–H and O–H groups in total. The fourth-order valence-electron chi connectivity index (χ4n) is 2.11. The normalized spacial score (nSPS) is 10.2. The second-order valence-corrected chi connectivity index (χ2v) is 6.48. The zero-order chi connectivity index (χ0) is 18.2. The van der Waals surface area contributed by atoms with Crippen molar-refractivity contribution in [2.45, 2.75) is 5.75 Å². The molecule has 7 heteroatoms. The van der Waals surface area contributed by atoms with E-state index in [9.17, 15) is 9.59 Å². The van der Waals surface area contributed by atoms with Gasteiger partial charge in [-0.2, -0.15) is 0 Å². The molecule has 0 aliphatic rings. The van der Waals surface area contributed by atoms with Crippen LogP contribution in [0.1, 0.15) is 15.9 Å². The maximum absolute atomic E-state index is 12.0. The summed E-state index contributed by atoms with van der Waals surface area (Å²) in [6.07, 6.45) is 0. The number of benzene rings is 2. The Bertz CT molecular complexity index is 766. The van der Waals surface area contributed by atoms with E-state index in [4.69, 9.17) is 21.1 Å². The Balaban J connectivity index is 1.84. The minimum Gasteiger partial charge on any atom is -0.495 e. The average molecular weight is 380 g/mol. The lowest BCUT2D eigenvalue weighted by Crippen LogP contribution is -2.14. The summed E-state index contributed by atoms with van der Waals surface area (Å²) in [7, 11) is 2.88. The molecule has 132 valence electrons. The first-order valence-corrected chi connectivity index (χ1v) is 8.95. The summed E-state index contributed by atoms with van der Waals surface area (Å²) in [5.74, 6) is 0.948. The first-order valence-electron chi connectivity index (χ1n) is 7.42. The van der Waals surface area contributed by atoms with Gasteiger partial charge in [0.2, 0.25) is 5.91 Å². The maximum Gasteiger partial charge on any atom is 0.337 e. The van der Waals surface area contributed by atoms with Gasteiger partial charge < -0.3 is 14.8 Å². The fraction of sp³-hybridized carbons (Fsp3) is 0.222. The monoisotopic (exact) mass is 379 g/mol. The Kier molecular flexibility index (Phi) is 7.16. The number of carbonyl (C=O) groups excluding carboxylic acids is 2. The van der Waals surface area contributed by atoms with Crippen LogP contribution >= 0.6 is 23.4 Å². The summed E-state index contributed by atoms with van der Waals surface area (Å²) in [4.78, 5) is 23.5. The minimum atomic E-state index is -0.374. The minimum absolute atomic E-state index is 0.129. The SMILES string of the molecule is COC(=O)c1cccc(CSCC(=O)Nc2ccc(OC)c(Cl)c2)c1. The van der Waals surface area contributed by atoms with Crippen molar-refractivity contribution in [3.05, 3.63) is 58.6 Å². The molecule has 25 heavy (non-hydrogen) atoms. The highest BCUT2D eigenvalue weighted by Crippen LogP contribution is 2.27. The molecule has 2 aromatic rings. The van der Waals surface area contributed by atoms with Crippen LogP contribution < -0.4 is 10.1 Å². The Labute approximate surface area is 155 Å². The zero-order valence-corrected chi connectivity index (χ0v) is 15.4. The lowest BCUT2D eigenvalue weighted by molar-refractivity contribution is -0.113. The predicted octanol–water partition coefficient (Wildman–Crippen LogP) is 4.01. The van der Waals surface area contributed by atoms with Crippen LogP contribution in [0.5, 0.6) is 5.75 Å². The number of carbonyl (C=O) groups is 2. The standard InChI is InChI=1S/C18H18ClNO4S/c1-23-16-7-6-14(9-15(16)19)20-17(21)11-25-10-12-4-3-5-13(8-12)18(22)24-2/h3-9H,10-11H2,1-2H3,(H,20,21). The van der Waals surface area contributed by atoms with Gasteiger partial charge in [0.25, 0.3) is 0 Å². The Morgan fingerprint density at radius 2 is 1.96 bits per heavy atom. The second kappa shape index (κ2) is 9.34. The van der Waals surface area contributed by atoms with Crippen LogP contribution in [-0.2, 0) is 15.3 Å². The molecular weight excluding hydrogens is 362 g/mol. The molecule has 0 unspecified atom stereocenters. The van der Waals surface area contributed by atoms with E-state index in [1.54, 1.807) is 36.4 Å². The molecule has 2 rings (SSSR count). The number of esters is 1. The molecule has 0 aliphatic heterocycles. The Hall–Kier alpha value is -2.18. The number of nitrogens with one attached hydrogen (secondary N) is 1. The summed E-state index contributed by atoms with van der Waals surface area (Å²) in [5, 5.41) is 3.22. The Morgan fingerprint density at radius 1 is 1.16 bits per heavy atom. The van der Waals surface area contributed by atoms with Crippen molar-refractivity contribution in [3.8, 4) is 5.75 Å². The van der Waals surface area contributed by atoms with Gasteiger partial charge in [-0.15, -0.1) is 11.8 Å². The van der Waals surface area contributed by atoms with Gasteiger partial charge in [0.05, 0.1) is 30.6 Å². The van der Waals surface area contributed by atoms with Crippen LogP contribution in [0.4, 0.5) is 5.69 Å². The van der Waals surface area contributed by atoms with Gasteiger partial charge in [-0.3, -0.25) is 4.79 Å². The molecule has 2 aromatic carbocycles. The summed E-state index contributed by atoms with van der Waals surface area (Å²) < 4.78 is 9.77. The van der Waals surface area contributed by atoms with E-state index in [1.165, 1.54) is 26.0 Å². The van der Waals surface area contributed by atoms with Crippen LogP contribution in [-0.4, -0.2) is 31.8 Å². The van der Waals surface area contributed by atoms with Crippen LogP contribution in [0, 0.1) is 0 Å². The largest absolute Gasteiger partial charge is 0.495 e. The molecule has 5 nitrogen and oxygen atoms in total. The number of methoxy groups -OCH3 is 2. The molecule has 0 spiro atoms. The van der Waals surface area contributed by atoms with Crippen molar-refractivity contribution in [2.75, 3.05) is 25.3 Å². The number of ether oxygens (including phenoxy) is 2. The first-order chi connectivity index (χ1) is 12.0. The summed E-state index contributed by atoms with van der Waals surface area (Å²) in [6, 6.07) is 12.2. The van der Waals surface area contributed by atoms with Gasteiger partial charge in [0.1, 0.15) is 5.75 Å². The lowest BCUT2D eigenvalue weighted by Gasteiger charge is -2.08. The van der Waals surface area contributed by atoms with Gasteiger partial charge in [0.15, 0.2) is 0 Å². The number of halogens is 1. The third kappa shape index (κ3) is 5.69. The van der Waals surface area contributed by atoms with Crippen LogP contribution in [0.3, 0.4) is 0 Å². The van der Waals surface area contributed by atoms with Gasteiger partial charge in [-0.1, -0.05) is 23.7 Å². The molecular formula is C18H18ClNO4S. The van der Waals surface area contributed by atoms with Crippen molar-refractivity contribution in [1.82, 2.24) is 0 Å². The fourth-order valence-corrected chi connectivity index (χ4v) is 3.14. The first kappa shape index (κ1) is 19.1. The third-order valence-electron chi connectivity index (χ3n) is 3.29. The molecule has 0 fully saturated rings. The van der Waals surface area contributed by atoms with E-state index in [0.29, 0.717) is 27.8 Å². The van der Waals surface area contributed by atoms with Crippen molar-refractivity contribution < 1.29 is 19.1 Å². The van der Waals surface area contributed by atoms with E-state index < -0.39 is 0 Å². The quantitative estimate of drug-likeness (QED) is 0.736. The Morgan fingerprint density at radius 3 is 2.64 bits per heavy atom. The van der Waals surface area contributed by atoms with E-state index in [2.05, 4.69) is 5.32 Å². The van der Waals surface area contributed by atoms with Gasteiger partial charge in [-0.25, -0.2) is 4.79 Å². The average Bonchev–Trinajstić information content (AvgIpc) is 2.61. The molecule has 1 amide bonds. The molecule has 0 heterocycles.